The summed E-state index contributed by atoms with van der Waals surface area (Å²) in [5.74, 6) is 0.717. The zero-order chi connectivity index (χ0) is 19.1. The van der Waals surface area contributed by atoms with Crippen molar-refractivity contribution in [3.8, 4) is 0 Å². The Morgan fingerprint density at radius 1 is 0.960 bits per heavy atom. The second-order valence-corrected chi connectivity index (χ2v) is 7.08. The van der Waals surface area contributed by atoms with Crippen molar-refractivity contribution in [1.29, 1.82) is 0 Å². The molecule has 1 aromatic carbocycles. The molecule has 0 N–H and O–H groups in total. The van der Waals surface area contributed by atoms with Gasteiger partial charge in [0.2, 0.25) is 11.8 Å². The van der Waals surface area contributed by atoms with Gasteiger partial charge in [0.1, 0.15) is 0 Å². The minimum Gasteiger partial charge on any atom is -0.343 e. The molecule has 0 bridgehead atoms. The van der Waals surface area contributed by atoms with Gasteiger partial charge in [-0.05, 0) is 36.8 Å². The monoisotopic (exact) mass is 346 g/mol. The van der Waals surface area contributed by atoms with Crippen LogP contribution in [0.2, 0.25) is 0 Å². The Balaban J connectivity index is 3.22. The second kappa shape index (κ2) is 9.59. The number of benzene rings is 1. The predicted molar refractivity (Wildman–Crippen MR) is 105 cm³/mol. The third kappa shape index (κ3) is 5.32. The first-order chi connectivity index (χ1) is 11.7. The summed E-state index contributed by atoms with van der Waals surface area (Å²) in [6, 6.07) is 6.25. The highest BCUT2D eigenvalue weighted by Gasteiger charge is 2.23. The van der Waals surface area contributed by atoms with Crippen LogP contribution in [0, 0.1) is 0 Å². The Morgan fingerprint density at radius 2 is 1.44 bits per heavy atom. The van der Waals surface area contributed by atoms with Crippen molar-refractivity contribution in [2.75, 3.05) is 24.5 Å². The molecular formula is C21H34N2O2. The molecule has 1 aromatic rings. The number of nitrogens with zero attached hydrogens (tertiary/aromatic N) is 2. The quantitative estimate of drug-likeness (QED) is 0.693. The van der Waals surface area contributed by atoms with Crippen molar-refractivity contribution < 1.29 is 9.59 Å². The van der Waals surface area contributed by atoms with Crippen molar-refractivity contribution in [2.45, 2.75) is 66.7 Å². The van der Waals surface area contributed by atoms with Crippen molar-refractivity contribution >= 4 is 17.5 Å². The summed E-state index contributed by atoms with van der Waals surface area (Å²) in [4.78, 5) is 28.4. The molecule has 4 heteroatoms. The molecular weight excluding hydrogens is 312 g/mol. The normalized spacial score (nSPS) is 11.1. The molecule has 0 spiro atoms. The lowest BCUT2D eigenvalue weighted by atomic mass is 9.91. The summed E-state index contributed by atoms with van der Waals surface area (Å²) >= 11 is 0. The average Bonchev–Trinajstić information content (AvgIpc) is 2.55. The lowest BCUT2D eigenvalue weighted by Crippen LogP contribution is -2.37. The number of rotatable bonds is 8. The Labute approximate surface area is 153 Å². The summed E-state index contributed by atoms with van der Waals surface area (Å²) < 4.78 is 0. The van der Waals surface area contributed by atoms with Gasteiger partial charge >= 0.3 is 0 Å². The van der Waals surface area contributed by atoms with Gasteiger partial charge in [0.15, 0.2) is 0 Å². The molecule has 1 rings (SSSR count). The van der Waals surface area contributed by atoms with E-state index in [1.54, 1.807) is 11.8 Å². The highest BCUT2D eigenvalue weighted by atomic mass is 16.2. The lowest BCUT2D eigenvalue weighted by molar-refractivity contribution is -0.130. The first-order valence-corrected chi connectivity index (χ1v) is 9.43. The Bertz CT molecular complexity index is 563. The number of para-hydroxylation sites is 1. The minimum atomic E-state index is -0.0117. The van der Waals surface area contributed by atoms with E-state index in [2.05, 4.69) is 45.9 Å². The SMILES string of the molecule is CCN(CC)C(=O)CCN(C(C)=O)c1c(C(C)C)cccc1C(C)C. The molecule has 0 fully saturated rings. The van der Waals surface area contributed by atoms with Crippen LogP contribution in [-0.4, -0.2) is 36.3 Å². The van der Waals surface area contributed by atoms with Crippen LogP contribution in [0.25, 0.3) is 0 Å². The van der Waals surface area contributed by atoms with Crippen LogP contribution < -0.4 is 4.90 Å². The predicted octanol–water partition coefficient (Wildman–Crippen LogP) is 4.54. The fraction of sp³-hybridized carbons (Fsp3) is 0.619. The standard InChI is InChI=1S/C21H34N2O2/c1-8-22(9-2)20(25)13-14-23(17(7)24)21-18(15(3)4)11-10-12-19(21)16(5)6/h10-12,15-16H,8-9,13-14H2,1-7H3. The van der Waals surface area contributed by atoms with Gasteiger partial charge in [-0.15, -0.1) is 0 Å². The van der Waals surface area contributed by atoms with Crippen molar-refractivity contribution in [1.82, 2.24) is 4.90 Å². The number of amides is 2. The summed E-state index contributed by atoms with van der Waals surface area (Å²) in [6.45, 7) is 15.9. The summed E-state index contributed by atoms with van der Waals surface area (Å²) in [5.41, 5.74) is 3.32. The van der Waals surface area contributed by atoms with Crippen LogP contribution in [-0.2, 0) is 9.59 Å². The van der Waals surface area contributed by atoms with E-state index in [4.69, 9.17) is 0 Å². The molecule has 0 aromatic heterocycles. The van der Waals surface area contributed by atoms with Crippen molar-refractivity contribution in [3.05, 3.63) is 29.3 Å². The molecule has 140 valence electrons. The third-order valence-corrected chi connectivity index (χ3v) is 4.66. The fourth-order valence-corrected chi connectivity index (χ4v) is 3.19. The van der Waals surface area contributed by atoms with Crippen molar-refractivity contribution in [2.24, 2.45) is 0 Å². The molecule has 0 heterocycles. The third-order valence-electron chi connectivity index (χ3n) is 4.66. The van der Waals surface area contributed by atoms with E-state index < -0.39 is 0 Å². The molecule has 0 unspecified atom stereocenters. The summed E-state index contributed by atoms with van der Waals surface area (Å²) in [7, 11) is 0. The number of hydrogen-bond acceptors (Lipinski definition) is 2. The number of carbonyl (C=O) groups is 2. The van der Waals surface area contributed by atoms with Gasteiger partial charge < -0.3 is 9.80 Å². The van der Waals surface area contributed by atoms with E-state index in [1.165, 1.54) is 0 Å². The molecule has 25 heavy (non-hydrogen) atoms. The summed E-state index contributed by atoms with van der Waals surface area (Å²) in [5, 5.41) is 0. The molecule has 0 atom stereocenters. The molecule has 0 saturated carbocycles. The van der Waals surface area contributed by atoms with E-state index in [9.17, 15) is 9.59 Å². The van der Waals surface area contributed by atoms with Crippen molar-refractivity contribution in [3.63, 3.8) is 0 Å². The van der Waals surface area contributed by atoms with Crippen LogP contribution in [0.15, 0.2) is 18.2 Å². The van der Waals surface area contributed by atoms with Gasteiger partial charge in [0.25, 0.3) is 0 Å². The van der Waals surface area contributed by atoms with Gasteiger partial charge in [0, 0.05) is 33.0 Å². The molecule has 0 radical (unpaired) electrons. The van der Waals surface area contributed by atoms with Crippen LogP contribution in [0.4, 0.5) is 5.69 Å². The first kappa shape index (κ1) is 21.2. The number of anilines is 1. The first-order valence-electron chi connectivity index (χ1n) is 9.43. The molecule has 0 saturated heterocycles. The molecule has 0 aliphatic heterocycles. The largest absolute Gasteiger partial charge is 0.343 e. The number of hydrogen-bond donors (Lipinski definition) is 0. The molecule has 0 aliphatic carbocycles. The van der Waals surface area contributed by atoms with E-state index in [1.807, 2.05) is 18.7 Å². The van der Waals surface area contributed by atoms with E-state index in [-0.39, 0.29) is 11.8 Å². The highest BCUT2D eigenvalue weighted by molar-refractivity contribution is 5.94. The zero-order valence-corrected chi connectivity index (χ0v) is 16.9. The maximum Gasteiger partial charge on any atom is 0.224 e. The van der Waals surface area contributed by atoms with Crippen LogP contribution in [0.3, 0.4) is 0 Å². The van der Waals surface area contributed by atoms with Gasteiger partial charge in [-0.1, -0.05) is 45.9 Å². The number of carbonyl (C=O) groups excluding carboxylic acids is 2. The topological polar surface area (TPSA) is 40.6 Å². The van der Waals surface area contributed by atoms with E-state index >= 15 is 0 Å². The Hall–Kier alpha value is -1.84. The smallest absolute Gasteiger partial charge is 0.224 e. The minimum absolute atomic E-state index is 0.0117. The fourth-order valence-electron chi connectivity index (χ4n) is 3.19. The summed E-state index contributed by atoms with van der Waals surface area (Å²) in [6.07, 6.45) is 0.352. The highest BCUT2D eigenvalue weighted by Crippen LogP contribution is 2.35. The van der Waals surface area contributed by atoms with Gasteiger partial charge in [-0.25, -0.2) is 0 Å². The van der Waals surface area contributed by atoms with E-state index in [0.29, 0.717) is 37.9 Å². The van der Waals surface area contributed by atoms with Crippen LogP contribution >= 0.6 is 0 Å². The Morgan fingerprint density at radius 3 is 1.80 bits per heavy atom. The lowest BCUT2D eigenvalue weighted by Gasteiger charge is -2.30. The molecule has 2 amide bonds. The maximum absolute atomic E-state index is 12.4. The van der Waals surface area contributed by atoms with Crippen LogP contribution in [0.1, 0.15) is 77.8 Å². The zero-order valence-electron chi connectivity index (χ0n) is 16.9. The van der Waals surface area contributed by atoms with Gasteiger partial charge in [-0.2, -0.15) is 0 Å². The van der Waals surface area contributed by atoms with Crippen LogP contribution in [0.5, 0.6) is 0 Å². The maximum atomic E-state index is 12.4. The second-order valence-electron chi connectivity index (χ2n) is 7.08. The Kier molecular flexibility index (Phi) is 8.14. The molecule has 0 aliphatic rings. The van der Waals surface area contributed by atoms with Gasteiger partial charge in [0.05, 0.1) is 5.69 Å². The average molecular weight is 347 g/mol. The van der Waals surface area contributed by atoms with Gasteiger partial charge in [-0.3, -0.25) is 9.59 Å². The molecule has 4 nitrogen and oxygen atoms in total. The van der Waals surface area contributed by atoms with E-state index in [0.717, 1.165) is 16.8 Å².